The molecule has 0 bridgehead atoms. The van der Waals surface area contributed by atoms with Gasteiger partial charge in [-0.1, -0.05) is 6.07 Å². The first-order valence-corrected chi connectivity index (χ1v) is 9.83. The summed E-state index contributed by atoms with van der Waals surface area (Å²) in [6, 6.07) is 11.1. The van der Waals surface area contributed by atoms with Gasteiger partial charge in [0.15, 0.2) is 16.7 Å². The van der Waals surface area contributed by atoms with Crippen molar-refractivity contribution in [2.45, 2.75) is 13.8 Å². The number of hydrogen-bond donors (Lipinski definition) is 2. The van der Waals surface area contributed by atoms with Gasteiger partial charge in [0.2, 0.25) is 0 Å². The minimum absolute atomic E-state index is 0.0432. The predicted molar refractivity (Wildman–Crippen MR) is 113 cm³/mol. The number of likely N-dealkylation sites (N-methyl/N-ethyl adjacent to an activating group) is 1. The first-order chi connectivity index (χ1) is 13.9. The van der Waals surface area contributed by atoms with Crippen molar-refractivity contribution in [2.75, 3.05) is 13.2 Å². The van der Waals surface area contributed by atoms with Gasteiger partial charge >= 0.3 is 5.97 Å². The van der Waals surface area contributed by atoms with Crippen LogP contribution in [0, 0.1) is 0 Å². The number of hydrogen-bond acceptors (Lipinski definition) is 6. The highest BCUT2D eigenvalue weighted by atomic mass is 32.2. The van der Waals surface area contributed by atoms with Crippen LogP contribution in [0.1, 0.15) is 29.8 Å². The fourth-order valence-electron chi connectivity index (χ4n) is 2.70. The molecular formula is C21H20N2O5S. The fourth-order valence-corrected chi connectivity index (χ4v) is 3.76. The van der Waals surface area contributed by atoms with E-state index >= 15 is 0 Å². The van der Waals surface area contributed by atoms with E-state index in [-0.39, 0.29) is 17.2 Å². The number of ether oxygens (including phenoxy) is 1. The highest BCUT2D eigenvalue weighted by Gasteiger charge is 2.32. The second-order valence-electron chi connectivity index (χ2n) is 6.07. The van der Waals surface area contributed by atoms with Crippen molar-refractivity contribution in [3.63, 3.8) is 0 Å². The molecule has 0 spiro atoms. The van der Waals surface area contributed by atoms with Crippen LogP contribution < -0.4 is 4.74 Å². The third kappa shape index (κ3) is 4.60. The SMILES string of the molecule is CCOc1cc(C=C2SC(=Nc3ccc(C(=O)O)cc3)N(CC)C2=O)ccc1O. The Morgan fingerprint density at radius 3 is 2.55 bits per heavy atom. The number of phenolic OH excluding ortho intramolecular Hbond substituents is 1. The zero-order valence-corrected chi connectivity index (χ0v) is 16.8. The molecule has 3 rings (SSSR count). The zero-order valence-electron chi connectivity index (χ0n) is 16.0. The van der Waals surface area contributed by atoms with Gasteiger partial charge in [0.25, 0.3) is 5.91 Å². The van der Waals surface area contributed by atoms with Crippen molar-refractivity contribution < 1.29 is 24.5 Å². The highest BCUT2D eigenvalue weighted by Crippen LogP contribution is 2.35. The molecule has 1 aliphatic rings. The van der Waals surface area contributed by atoms with Crippen LogP contribution in [0.15, 0.2) is 52.4 Å². The third-order valence-corrected chi connectivity index (χ3v) is 5.13. The van der Waals surface area contributed by atoms with Crippen molar-refractivity contribution in [3.8, 4) is 11.5 Å². The van der Waals surface area contributed by atoms with Crippen LogP contribution in [-0.4, -0.2) is 45.3 Å². The first-order valence-electron chi connectivity index (χ1n) is 9.02. The van der Waals surface area contributed by atoms with Gasteiger partial charge in [-0.2, -0.15) is 0 Å². The summed E-state index contributed by atoms with van der Waals surface area (Å²) in [5.74, 6) is -0.765. The Labute approximate surface area is 172 Å². The van der Waals surface area contributed by atoms with Gasteiger partial charge in [0.05, 0.1) is 22.8 Å². The third-order valence-electron chi connectivity index (χ3n) is 4.12. The minimum Gasteiger partial charge on any atom is -0.504 e. The maximum Gasteiger partial charge on any atom is 0.335 e. The van der Waals surface area contributed by atoms with Gasteiger partial charge in [-0.3, -0.25) is 9.69 Å². The van der Waals surface area contributed by atoms with Crippen LogP contribution in [0.25, 0.3) is 6.08 Å². The van der Waals surface area contributed by atoms with E-state index in [4.69, 9.17) is 9.84 Å². The summed E-state index contributed by atoms with van der Waals surface area (Å²) in [6.45, 7) is 4.56. The lowest BCUT2D eigenvalue weighted by Crippen LogP contribution is -2.28. The van der Waals surface area contributed by atoms with E-state index in [1.807, 2.05) is 13.8 Å². The van der Waals surface area contributed by atoms with Crippen molar-refractivity contribution in [1.29, 1.82) is 0 Å². The molecule has 0 unspecified atom stereocenters. The average Bonchev–Trinajstić information content (AvgIpc) is 2.99. The molecule has 2 aromatic carbocycles. The van der Waals surface area contributed by atoms with Crippen molar-refractivity contribution in [3.05, 3.63) is 58.5 Å². The Hall–Kier alpha value is -3.26. The number of phenols is 1. The molecule has 2 N–H and O–H groups in total. The molecule has 7 nitrogen and oxygen atoms in total. The van der Waals surface area contributed by atoms with E-state index in [1.165, 1.54) is 30.0 Å². The molecule has 0 saturated carbocycles. The molecule has 150 valence electrons. The molecular weight excluding hydrogens is 392 g/mol. The number of amides is 1. The highest BCUT2D eigenvalue weighted by molar-refractivity contribution is 8.18. The van der Waals surface area contributed by atoms with E-state index < -0.39 is 5.97 Å². The number of rotatable bonds is 6. The van der Waals surface area contributed by atoms with Crippen molar-refractivity contribution in [2.24, 2.45) is 4.99 Å². The van der Waals surface area contributed by atoms with E-state index in [0.717, 1.165) is 5.56 Å². The standard InChI is InChI=1S/C21H20N2O5S/c1-3-23-19(25)18(12-13-5-10-16(24)17(11-13)28-4-2)29-21(23)22-15-8-6-14(7-9-15)20(26)27/h5-12,24H,3-4H2,1-2H3,(H,26,27). The maximum atomic E-state index is 12.8. The number of carbonyl (C=O) groups is 2. The van der Waals surface area contributed by atoms with Gasteiger partial charge in [-0.25, -0.2) is 9.79 Å². The fraction of sp³-hybridized carbons (Fsp3) is 0.190. The van der Waals surface area contributed by atoms with Crippen LogP contribution >= 0.6 is 11.8 Å². The first kappa shape index (κ1) is 20.5. The van der Waals surface area contributed by atoms with E-state index in [9.17, 15) is 14.7 Å². The largest absolute Gasteiger partial charge is 0.504 e. The molecule has 1 saturated heterocycles. The average molecular weight is 412 g/mol. The van der Waals surface area contributed by atoms with Crippen LogP contribution in [-0.2, 0) is 4.79 Å². The Morgan fingerprint density at radius 2 is 1.93 bits per heavy atom. The molecule has 1 fully saturated rings. The summed E-state index contributed by atoms with van der Waals surface area (Å²) >= 11 is 1.24. The monoisotopic (exact) mass is 412 g/mol. The van der Waals surface area contributed by atoms with Crippen LogP contribution in [0.3, 0.4) is 0 Å². The summed E-state index contributed by atoms with van der Waals surface area (Å²) in [7, 11) is 0. The van der Waals surface area contributed by atoms with Gasteiger partial charge in [0.1, 0.15) is 0 Å². The van der Waals surface area contributed by atoms with Crippen LogP contribution in [0.5, 0.6) is 11.5 Å². The van der Waals surface area contributed by atoms with E-state index in [0.29, 0.717) is 34.7 Å². The second kappa shape index (κ2) is 8.83. The molecule has 0 aliphatic carbocycles. The Morgan fingerprint density at radius 1 is 1.21 bits per heavy atom. The lowest BCUT2D eigenvalue weighted by atomic mass is 10.2. The molecule has 0 aromatic heterocycles. The zero-order chi connectivity index (χ0) is 21.0. The number of thioether (sulfide) groups is 1. The van der Waals surface area contributed by atoms with Gasteiger partial charge < -0.3 is 14.9 Å². The Balaban J connectivity index is 1.89. The van der Waals surface area contributed by atoms with Crippen LogP contribution in [0.2, 0.25) is 0 Å². The molecule has 8 heteroatoms. The molecule has 0 radical (unpaired) electrons. The number of benzene rings is 2. The van der Waals surface area contributed by atoms with Crippen molar-refractivity contribution in [1.82, 2.24) is 4.90 Å². The summed E-state index contributed by atoms with van der Waals surface area (Å²) in [4.78, 5) is 30.3. The molecule has 2 aromatic rings. The Kier molecular flexibility index (Phi) is 6.23. The summed E-state index contributed by atoms with van der Waals surface area (Å²) in [5.41, 5.74) is 1.47. The molecule has 1 aliphatic heterocycles. The van der Waals surface area contributed by atoms with E-state index in [2.05, 4.69) is 4.99 Å². The topological polar surface area (TPSA) is 99.4 Å². The maximum absolute atomic E-state index is 12.8. The predicted octanol–water partition coefficient (Wildman–Crippen LogP) is 4.11. The number of aromatic carboxylic acids is 1. The number of carbonyl (C=O) groups excluding carboxylic acids is 1. The van der Waals surface area contributed by atoms with Gasteiger partial charge in [-0.15, -0.1) is 0 Å². The molecule has 1 heterocycles. The number of aromatic hydroxyl groups is 1. The van der Waals surface area contributed by atoms with Crippen molar-refractivity contribution >= 4 is 40.6 Å². The number of amidine groups is 1. The Bertz CT molecular complexity index is 999. The van der Waals surface area contributed by atoms with Crippen LogP contribution in [0.4, 0.5) is 5.69 Å². The number of carboxylic acids is 1. The van der Waals surface area contributed by atoms with Gasteiger partial charge in [-0.05, 0) is 73.6 Å². The van der Waals surface area contributed by atoms with Gasteiger partial charge in [0, 0.05) is 6.54 Å². The lowest BCUT2D eigenvalue weighted by Gasteiger charge is -2.12. The summed E-state index contributed by atoms with van der Waals surface area (Å²) in [6.07, 6.45) is 1.73. The summed E-state index contributed by atoms with van der Waals surface area (Å²) in [5, 5.41) is 19.4. The van der Waals surface area contributed by atoms with E-state index in [1.54, 1.807) is 35.2 Å². The quantitative estimate of drug-likeness (QED) is 0.693. The molecule has 0 atom stereocenters. The lowest BCUT2D eigenvalue weighted by molar-refractivity contribution is -0.122. The smallest absolute Gasteiger partial charge is 0.335 e. The number of carboxylic acid groups (broad SMARTS) is 1. The normalized spacial score (nSPS) is 16.6. The minimum atomic E-state index is -1.00. The number of nitrogens with zero attached hydrogens (tertiary/aromatic N) is 2. The number of aliphatic imine (C=N–C) groups is 1. The summed E-state index contributed by atoms with van der Waals surface area (Å²) < 4.78 is 5.39. The second-order valence-corrected chi connectivity index (χ2v) is 7.08. The molecule has 29 heavy (non-hydrogen) atoms. The molecule has 1 amide bonds.